The van der Waals surface area contributed by atoms with Crippen LogP contribution in [-0.4, -0.2) is 77.8 Å². The molecule has 0 aliphatic rings. The third kappa shape index (κ3) is 9.43. The van der Waals surface area contributed by atoms with E-state index in [0.29, 0.717) is 77.1 Å². The molecule has 0 aliphatic carbocycles. The maximum absolute atomic E-state index is 12.9. The highest BCUT2D eigenvalue weighted by molar-refractivity contribution is 6.11. The maximum Gasteiger partial charge on any atom is 0.251 e. The lowest BCUT2D eigenvalue weighted by molar-refractivity contribution is -0.00211. The van der Waals surface area contributed by atoms with E-state index in [-0.39, 0.29) is 11.8 Å². The number of hydrogen-bond acceptors (Lipinski definition) is 6. The van der Waals surface area contributed by atoms with E-state index in [9.17, 15) is 9.59 Å². The lowest BCUT2D eigenvalue weighted by atomic mass is 9.99. The quantitative estimate of drug-likeness (QED) is 0.0693. The van der Waals surface area contributed by atoms with Gasteiger partial charge in [-0.1, -0.05) is 72.8 Å². The Morgan fingerprint density at radius 2 is 0.740 bits per heavy atom. The van der Waals surface area contributed by atoms with Crippen molar-refractivity contribution in [2.75, 3.05) is 65.9 Å². The maximum atomic E-state index is 12.9. The fourth-order valence-corrected chi connectivity index (χ4v) is 6.03. The molecular formula is C42H44N2O6. The second-order valence-electron chi connectivity index (χ2n) is 12.1. The summed E-state index contributed by atoms with van der Waals surface area (Å²) >= 11 is 0. The summed E-state index contributed by atoms with van der Waals surface area (Å²) < 4.78 is 22.4. The van der Waals surface area contributed by atoms with Gasteiger partial charge >= 0.3 is 0 Å². The summed E-state index contributed by atoms with van der Waals surface area (Å²) in [6.07, 6.45) is 1.44. The van der Waals surface area contributed by atoms with Crippen LogP contribution in [0.2, 0.25) is 0 Å². The molecule has 0 atom stereocenters. The van der Waals surface area contributed by atoms with Gasteiger partial charge in [0.1, 0.15) is 0 Å². The van der Waals surface area contributed by atoms with E-state index in [1.807, 2.05) is 60.7 Å². The molecule has 258 valence electrons. The van der Waals surface area contributed by atoms with Gasteiger partial charge in [0.05, 0.1) is 39.6 Å². The van der Waals surface area contributed by atoms with Crippen LogP contribution >= 0.6 is 0 Å². The minimum atomic E-state index is -0.0741. The molecule has 0 bridgehead atoms. The molecule has 0 radical (unpaired) electrons. The minimum absolute atomic E-state index is 0.0741. The van der Waals surface area contributed by atoms with Crippen molar-refractivity contribution in [2.24, 2.45) is 0 Å². The number of fused-ring (bicyclic) bond motifs is 4. The Bertz CT molecular complexity index is 1900. The Labute approximate surface area is 292 Å². The van der Waals surface area contributed by atoms with Crippen molar-refractivity contribution >= 4 is 54.9 Å². The predicted molar refractivity (Wildman–Crippen MR) is 200 cm³/mol. The van der Waals surface area contributed by atoms with Gasteiger partial charge in [-0.25, -0.2) is 0 Å². The van der Waals surface area contributed by atoms with Crippen LogP contribution in [-0.2, 0) is 18.9 Å². The topological polar surface area (TPSA) is 95.1 Å². The second kappa shape index (κ2) is 18.2. The van der Waals surface area contributed by atoms with Crippen LogP contribution in [0.15, 0.2) is 109 Å². The third-order valence-corrected chi connectivity index (χ3v) is 8.60. The Balaban J connectivity index is 0.745. The number of carbonyl (C=O) groups is 2. The average molecular weight is 673 g/mol. The monoisotopic (exact) mass is 672 g/mol. The second-order valence-corrected chi connectivity index (χ2v) is 12.1. The zero-order chi connectivity index (χ0) is 34.4. The van der Waals surface area contributed by atoms with Gasteiger partial charge in [-0.2, -0.15) is 0 Å². The van der Waals surface area contributed by atoms with E-state index in [1.54, 1.807) is 0 Å². The van der Waals surface area contributed by atoms with E-state index >= 15 is 0 Å². The standard InChI is InChI=1S/C42H44N2O6/c45-41(37-15-5-13-35-27-31-9-1-3-11-33(31)29-39(35)37)43-17-7-19-47-21-23-49-25-26-50-24-22-48-20-8-18-44-42(46)38-16-6-14-36-28-32-10-2-4-12-34(32)30-40(36)38/h1-6,9-16,27-30H,7-8,17-26H2,(H,43,45)(H,44,46). The molecule has 8 nitrogen and oxygen atoms in total. The summed E-state index contributed by atoms with van der Waals surface area (Å²) in [4.78, 5) is 25.8. The summed E-state index contributed by atoms with van der Waals surface area (Å²) in [5.74, 6) is -0.148. The first-order valence-corrected chi connectivity index (χ1v) is 17.4. The average Bonchev–Trinajstić information content (AvgIpc) is 3.15. The van der Waals surface area contributed by atoms with Crippen molar-refractivity contribution in [3.05, 3.63) is 120 Å². The van der Waals surface area contributed by atoms with Gasteiger partial charge in [0.15, 0.2) is 0 Å². The van der Waals surface area contributed by atoms with Crippen molar-refractivity contribution in [3.63, 3.8) is 0 Å². The molecule has 2 amide bonds. The first-order chi connectivity index (χ1) is 24.7. The molecule has 0 fully saturated rings. The SMILES string of the molecule is O=C(NCCCOCCOCCOCCOCCCNC(=O)c1cccc2cc3ccccc3cc12)c1cccc2cc3ccccc3cc12. The van der Waals surface area contributed by atoms with E-state index in [0.717, 1.165) is 55.9 Å². The fraction of sp³-hybridized carbons (Fsp3) is 0.286. The van der Waals surface area contributed by atoms with Crippen LogP contribution in [0.5, 0.6) is 0 Å². The van der Waals surface area contributed by atoms with E-state index < -0.39 is 0 Å². The molecule has 0 aliphatic heterocycles. The zero-order valence-corrected chi connectivity index (χ0v) is 28.3. The van der Waals surface area contributed by atoms with Crippen molar-refractivity contribution in [1.82, 2.24) is 10.6 Å². The summed E-state index contributed by atoms with van der Waals surface area (Å²) in [6, 6.07) is 36.5. The molecule has 8 heteroatoms. The third-order valence-electron chi connectivity index (χ3n) is 8.60. The summed E-state index contributed by atoms with van der Waals surface area (Å²) in [5.41, 5.74) is 1.37. The smallest absolute Gasteiger partial charge is 0.251 e. The van der Waals surface area contributed by atoms with Crippen molar-refractivity contribution in [1.29, 1.82) is 0 Å². The molecule has 0 spiro atoms. The van der Waals surface area contributed by atoms with Crippen molar-refractivity contribution in [3.8, 4) is 0 Å². The fourth-order valence-electron chi connectivity index (χ4n) is 6.03. The van der Waals surface area contributed by atoms with Crippen LogP contribution in [0.3, 0.4) is 0 Å². The van der Waals surface area contributed by atoms with Crippen LogP contribution in [0.4, 0.5) is 0 Å². The first kappa shape index (κ1) is 35.0. The van der Waals surface area contributed by atoms with Crippen LogP contribution in [0, 0.1) is 0 Å². The number of ether oxygens (including phenoxy) is 4. The normalized spacial score (nSPS) is 11.4. The van der Waals surface area contributed by atoms with E-state index in [2.05, 4.69) is 59.2 Å². The number of nitrogens with one attached hydrogen (secondary N) is 2. The molecule has 0 unspecified atom stereocenters. The lowest BCUT2D eigenvalue weighted by Crippen LogP contribution is -2.25. The van der Waals surface area contributed by atoms with Gasteiger partial charge in [-0.05, 0) is 92.3 Å². The molecule has 0 aromatic heterocycles. The Morgan fingerprint density at radius 1 is 0.400 bits per heavy atom. The highest BCUT2D eigenvalue weighted by atomic mass is 16.6. The summed E-state index contributed by atoms with van der Waals surface area (Å²) in [5, 5.41) is 14.6. The molecular weight excluding hydrogens is 628 g/mol. The highest BCUT2D eigenvalue weighted by Gasteiger charge is 2.12. The van der Waals surface area contributed by atoms with Crippen molar-refractivity contribution in [2.45, 2.75) is 12.8 Å². The molecule has 6 aromatic carbocycles. The summed E-state index contributed by atoms with van der Waals surface area (Å²) in [7, 11) is 0. The highest BCUT2D eigenvalue weighted by Crippen LogP contribution is 2.27. The Hall–Kier alpha value is -4.86. The van der Waals surface area contributed by atoms with E-state index in [1.165, 1.54) is 0 Å². The predicted octanol–water partition coefficient (Wildman–Crippen LogP) is 7.31. The largest absolute Gasteiger partial charge is 0.379 e. The molecule has 50 heavy (non-hydrogen) atoms. The molecule has 6 aromatic rings. The zero-order valence-electron chi connectivity index (χ0n) is 28.3. The lowest BCUT2D eigenvalue weighted by Gasteiger charge is -2.10. The van der Waals surface area contributed by atoms with Gasteiger partial charge in [0, 0.05) is 37.4 Å². The van der Waals surface area contributed by atoms with Gasteiger partial charge < -0.3 is 29.6 Å². The molecule has 0 saturated carbocycles. The molecule has 2 N–H and O–H groups in total. The number of amides is 2. The molecule has 0 saturated heterocycles. The number of rotatable bonds is 19. The van der Waals surface area contributed by atoms with Gasteiger partial charge in [-0.3, -0.25) is 9.59 Å². The minimum Gasteiger partial charge on any atom is -0.379 e. The van der Waals surface area contributed by atoms with Crippen LogP contribution in [0.25, 0.3) is 43.1 Å². The van der Waals surface area contributed by atoms with Gasteiger partial charge in [0.2, 0.25) is 0 Å². The van der Waals surface area contributed by atoms with Crippen LogP contribution < -0.4 is 10.6 Å². The number of hydrogen-bond donors (Lipinski definition) is 2. The van der Waals surface area contributed by atoms with Gasteiger partial charge in [0.25, 0.3) is 11.8 Å². The summed E-state index contributed by atoms with van der Waals surface area (Å²) in [6.45, 7) is 5.07. The Kier molecular flexibility index (Phi) is 12.8. The van der Waals surface area contributed by atoms with Gasteiger partial charge in [-0.15, -0.1) is 0 Å². The number of carbonyl (C=O) groups excluding carboxylic acids is 2. The number of benzene rings is 6. The molecule has 0 heterocycles. The molecule has 6 rings (SSSR count). The first-order valence-electron chi connectivity index (χ1n) is 17.4. The Morgan fingerprint density at radius 3 is 1.14 bits per heavy atom. The van der Waals surface area contributed by atoms with Crippen LogP contribution in [0.1, 0.15) is 33.6 Å². The van der Waals surface area contributed by atoms with Crippen molar-refractivity contribution < 1.29 is 28.5 Å². The van der Waals surface area contributed by atoms with E-state index in [4.69, 9.17) is 18.9 Å².